The summed E-state index contributed by atoms with van der Waals surface area (Å²) in [5.74, 6) is 1.35. The molecule has 1 amide bonds. The highest BCUT2D eigenvalue weighted by atomic mass is 35.5. The van der Waals surface area contributed by atoms with Crippen LogP contribution in [-0.4, -0.2) is 35.6 Å². The van der Waals surface area contributed by atoms with E-state index in [1.165, 1.54) is 5.56 Å². The first-order chi connectivity index (χ1) is 10.7. The predicted octanol–water partition coefficient (Wildman–Crippen LogP) is 3.45. The SMILES string of the molecule is O=C(C1CCC(CO)CC1)N1CC[C@H](c2ccc(Cl)cc2)C1. The predicted molar refractivity (Wildman–Crippen MR) is 87.9 cm³/mol. The van der Waals surface area contributed by atoms with Crippen molar-refractivity contribution in [2.45, 2.75) is 38.0 Å². The Bertz CT molecular complexity index is 508. The Kier molecular flexibility index (Phi) is 5.04. The Morgan fingerprint density at radius 3 is 2.45 bits per heavy atom. The largest absolute Gasteiger partial charge is 0.396 e. The standard InChI is InChI=1S/C18H24ClNO2/c19-17-7-5-14(6-8-17)16-9-10-20(11-16)18(22)15-3-1-13(12-21)2-4-15/h5-8,13,15-16,21H,1-4,9-12H2/t13?,15?,16-/m0/s1. The van der Waals surface area contributed by atoms with Gasteiger partial charge in [0.05, 0.1) is 0 Å². The molecule has 3 nitrogen and oxygen atoms in total. The zero-order valence-electron chi connectivity index (χ0n) is 12.9. The first-order valence-electron chi connectivity index (χ1n) is 8.32. The van der Waals surface area contributed by atoms with Crippen molar-refractivity contribution in [3.05, 3.63) is 34.9 Å². The van der Waals surface area contributed by atoms with Crippen molar-refractivity contribution in [1.29, 1.82) is 0 Å². The fourth-order valence-corrected chi connectivity index (χ4v) is 3.94. The van der Waals surface area contributed by atoms with Crippen LogP contribution >= 0.6 is 11.6 Å². The van der Waals surface area contributed by atoms with Crippen molar-refractivity contribution >= 4 is 17.5 Å². The van der Waals surface area contributed by atoms with Crippen molar-refractivity contribution in [3.63, 3.8) is 0 Å². The van der Waals surface area contributed by atoms with E-state index in [4.69, 9.17) is 11.6 Å². The normalized spacial score (nSPS) is 28.8. The Hall–Kier alpha value is -1.06. The van der Waals surface area contributed by atoms with E-state index in [-0.39, 0.29) is 12.5 Å². The number of likely N-dealkylation sites (tertiary alicyclic amines) is 1. The summed E-state index contributed by atoms with van der Waals surface area (Å²) in [7, 11) is 0. The molecule has 1 saturated carbocycles. The average molecular weight is 322 g/mol. The van der Waals surface area contributed by atoms with E-state index >= 15 is 0 Å². The number of carbonyl (C=O) groups excluding carboxylic acids is 1. The van der Waals surface area contributed by atoms with Crippen LogP contribution in [0.25, 0.3) is 0 Å². The van der Waals surface area contributed by atoms with Crippen LogP contribution in [0.3, 0.4) is 0 Å². The maximum Gasteiger partial charge on any atom is 0.225 e. The van der Waals surface area contributed by atoms with Gasteiger partial charge in [-0.3, -0.25) is 4.79 Å². The second-order valence-electron chi connectivity index (χ2n) is 6.72. The number of nitrogens with zero attached hydrogens (tertiary/aromatic N) is 1. The molecular formula is C18H24ClNO2. The van der Waals surface area contributed by atoms with E-state index < -0.39 is 0 Å². The first kappa shape index (κ1) is 15.8. The molecule has 0 spiro atoms. The van der Waals surface area contributed by atoms with Gasteiger partial charge < -0.3 is 10.0 Å². The van der Waals surface area contributed by atoms with E-state index in [0.29, 0.717) is 17.7 Å². The molecule has 1 aliphatic carbocycles. The molecule has 2 fully saturated rings. The minimum Gasteiger partial charge on any atom is -0.396 e. The van der Waals surface area contributed by atoms with Crippen molar-refractivity contribution in [3.8, 4) is 0 Å². The average Bonchev–Trinajstić information content (AvgIpc) is 3.05. The molecule has 22 heavy (non-hydrogen) atoms. The molecule has 2 aliphatic rings. The smallest absolute Gasteiger partial charge is 0.225 e. The fraction of sp³-hybridized carbons (Fsp3) is 0.611. The van der Waals surface area contributed by atoms with Crippen molar-refractivity contribution < 1.29 is 9.90 Å². The minimum absolute atomic E-state index is 0.173. The molecule has 0 radical (unpaired) electrons. The number of halogens is 1. The number of benzene rings is 1. The fourth-order valence-electron chi connectivity index (χ4n) is 3.82. The van der Waals surface area contributed by atoms with Crippen LogP contribution in [-0.2, 0) is 4.79 Å². The van der Waals surface area contributed by atoms with Crippen LogP contribution in [0.2, 0.25) is 5.02 Å². The third-order valence-electron chi connectivity index (χ3n) is 5.30. The maximum absolute atomic E-state index is 12.7. The summed E-state index contributed by atoms with van der Waals surface area (Å²) in [5, 5.41) is 9.96. The molecule has 120 valence electrons. The van der Waals surface area contributed by atoms with Crippen LogP contribution < -0.4 is 0 Å². The molecule has 1 aromatic carbocycles. The van der Waals surface area contributed by atoms with Gasteiger partial charge in [0.2, 0.25) is 5.91 Å². The summed E-state index contributed by atoms with van der Waals surface area (Å²) in [6.45, 7) is 1.97. The second-order valence-corrected chi connectivity index (χ2v) is 7.16. The molecular weight excluding hydrogens is 298 g/mol. The van der Waals surface area contributed by atoms with Gasteiger partial charge in [0, 0.05) is 36.6 Å². The van der Waals surface area contributed by atoms with Crippen LogP contribution in [0.5, 0.6) is 0 Å². The Morgan fingerprint density at radius 2 is 1.82 bits per heavy atom. The summed E-state index contributed by atoms with van der Waals surface area (Å²) < 4.78 is 0. The summed E-state index contributed by atoms with van der Waals surface area (Å²) in [6.07, 6.45) is 4.89. The van der Waals surface area contributed by atoms with Gasteiger partial charge in [0.15, 0.2) is 0 Å². The molecule has 1 N–H and O–H groups in total. The van der Waals surface area contributed by atoms with Crippen molar-refractivity contribution in [2.24, 2.45) is 11.8 Å². The highest BCUT2D eigenvalue weighted by molar-refractivity contribution is 6.30. The minimum atomic E-state index is 0.173. The Morgan fingerprint density at radius 1 is 1.14 bits per heavy atom. The molecule has 4 heteroatoms. The molecule has 1 saturated heterocycles. The molecule has 1 aromatic rings. The number of hydrogen-bond acceptors (Lipinski definition) is 2. The molecule has 1 aliphatic heterocycles. The van der Waals surface area contributed by atoms with E-state index in [9.17, 15) is 9.90 Å². The lowest BCUT2D eigenvalue weighted by Crippen LogP contribution is -2.36. The van der Waals surface area contributed by atoms with Crippen LogP contribution in [0.15, 0.2) is 24.3 Å². The second kappa shape index (κ2) is 7.01. The van der Waals surface area contributed by atoms with E-state index in [1.54, 1.807) is 0 Å². The summed E-state index contributed by atoms with van der Waals surface area (Å²) in [4.78, 5) is 14.7. The van der Waals surface area contributed by atoms with Gasteiger partial charge in [-0.15, -0.1) is 0 Å². The van der Waals surface area contributed by atoms with Crippen LogP contribution in [0, 0.1) is 11.8 Å². The van der Waals surface area contributed by atoms with Gasteiger partial charge in [0.1, 0.15) is 0 Å². The van der Waals surface area contributed by atoms with E-state index in [2.05, 4.69) is 12.1 Å². The summed E-state index contributed by atoms with van der Waals surface area (Å²) >= 11 is 5.94. The lowest BCUT2D eigenvalue weighted by Gasteiger charge is -2.29. The van der Waals surface area contributed by atoms with Crippen LogP contribution in [0.4, 0.5) is 0 Å². The van der Waals surface area contributed by atoms with Gasteiger partial charge in [-0.2, -0.15) is 0 Å². The van der Waals surface area contributed by atoms with Gasteiger partial charge in [-0.1, -0.05) is 23.7 Å². The third kappa shape index (κ3) is 3.47. The number of aliphatic hydroxyl groups excluding tert-OH is 1. The number of carbonyl (C=O) groups is 1. The van der Waals surface area contributed by atoms with Gasteiger partial charge in [0.25, 0.3) is 0 Å². The Balaban J connectivity index is 1.56. The van der Waals surface area contributed by atoms with E-state index in [1.807, 2.05) is 17.0 Å². The van der Waals surface area contributed by atoms with Gasteiger partial charge in [-0.25, -0.2) is 0 Å². The first-order valence-corrected chi connectivity index (χ1v) is 8.70. The quantitative estimate of drug-likeness (QED) is 0.926. The van der Waals surface area contributed by atoms with Crippen LogP contribution in [0.1, 0.15) is 43.6 Å². The van der Waals surface area contributed by atoms with Gasteiger partial charge in [-0.05, 0) is 55.7 Å². The lowest BCUT2D eigenvalue weighted by molar-refractivity contribution is -0.135. The monoisotopic (exact) mass is 321 g/mol. The molecule has 0 unspecified atom stereocenters. The topological polar surface area (TPSA) is 40.5 Å². The number of aliphatic hydroxyl groups is 1. The van der Waals surface area contributed by atoms with Gasteiger partial charge >= 0.3 is 0 Å². The number of rotatable bonds is 3. The zero-order chi connectivity index (χ0) is 15.5. The highest BCUT2D eigenvalue weighted by Gasteiger charge is 2.33. The lowest BCUT2D eigenvalue weighted by atomic mass is 9.82. The molecule has 0 aromatic heterocycles. The van der Waals surface area contributed by atoms with Crippen molar-refractivity contribution in [1.82, 2.24) is 4.90 Å². The van der Waals surface area contributed by atoms with E-state index in [0.717, 1.165) is 50.2 Å². The summed E-state index contributed by atoms with van der Waals surface area (Å²) in [5.41, 5.74) is 1.28. The third-order valence-corrected chi connectivity index (χ3v) is 5.55. The number of amides is 1. The summed E-state index contributed by atoms with van der Waals surface area (Å²) in [6, 6.07) is 8.01. The van der Waals surface area contributed by atoms with Crippen molar-refractivity contribution in [2.75, 3.05) is 19.7 Å². The molecule has 3 rings (SSSR count). The number of hydrogen-bond donors (Lipinski definition) is 1. The maximum atomic E-state index is 12.7. The molecule has 0 bridgehead atoms. The molecule has 1 heterocycles. The zero-order valence-corrected chi connectivity index (χ0v) is 13.6. The Labute approximate surface area is 137 Å². The highest BCUT2D eigenvalue weighted by Crippen LogP contribution is 2.33. The molecule has 1 atom stereocenters.